The maximum atomic E-state index is 14.2. The fraction of sp³-hybridized carbons (Fsp3) is 0.364. The number of morpholine rings is 1. The van der Waals surface area contributed by atoms with Crippen LogP contribution in [-0.4, -0.2) is 45.5 Å². The van der Waals surface area contributed by atoms with E-state index in [0.717, 1.165) is 12.1 Å². The molecule has 1 aromatic rings. The van der Waals surface area contributed by atoms with E-state index in [1.807, 2.05) is 0 Å². The zero-order valence-corrected chi connectivity index (χ0v) is 11.9. The van der Waals surface area contributed by atoms with E-state index in [1.165, 1.54) is 4.90 Å². The number of rotatable bonds is 2. The third-order valence-electron chi connectivity index (χ3n) is 2.84. The summed E-state index contributed by atoms with van der Waals surface area (Å²) in [6.45, 7) is 1.29. The van der Waals surface area contributed by atoms with Crippen molar-refractivity contribution < 1.29 is 22.3 Å². The monoisotopic (exact) mass is 322 g/mol. The second-order valence-electron chi connectivity index (χ2n) is 4.22. The Hall–Kier alpha value is -1.22. The molecule has 2 rings (SSSR count). The number of halogens is 2. The Kier molecular flexibility index (Phi) is 4.28. The molecule has 2 N–H and O–H groups in total. The van der Waals surface area contributed by atoms with E-state index in [-0.39, 0.29) is 5.02 Å². The van der Waals surface area contributed by atoms with Gasteiger partial charge >= 0.3 is 0 Å². The Bertz CT molecular complexity index is 644. The lowest BCUT2D eigenvalue weighted by Crippen LogP contribution is -2.41. The fourth-order valence-electron chi connectivity index (χ4n) is 1.86. The summed E-state index contributed by atoms with van der Waals surface area (Å²) >= 11 is 5.73. The van der Waals surface area contributed by atoms with E-state index >= 15 is 0 Å². The van der Waals surface area contributed by atoms with Crippen LogP contribution in [0.1, 0.15) is 10.4 Å². The maximum Gasteiger partial charge on any atom is 0.257 e. The molecule has 0 radical (unpaired) electrons. The first-order valence-corrected chi connectivity index (χ1v) is 7.62. The SMILES string of the molecule is NS(=O)(=O)c1cc(Cl)cc(C(=O)N2CCOCC2)c1F. The molecular formula is C11H12ClFN2O4S. The van der Waals surface area contributed by atoms with Crippen molar-refractivity contribution in [3.05, 3.63) is 28.5 Å². The Labute approximate surface area is 120 Å². The summed E-state index contributed by atoms with van der Waals surface area (Å²) in [6, 6.07) is 1.96. The molecule has 1 heterocycles. The topological polar surface area (TPSA) is 89.7 Å². The minimum Gasteiger partial charge on any atom is -0.378 e. The molecule has 0 spiro atoms. The van der Waals surface area contributed by atoms with Crippen molar-refractivity contribution in [2.75, 3.05) is 26.3 Å². The van der Waals surface area contributed by atoms with Gasteiger partial charge in [0.25, 0.3) is 5.91 Å². The zero-order valence-electron chi connectivity index (χ0n) is 10.3. The molecule has 1 amide bonds. The Morgan fingerprint density at radius 1 is 1.35 bits per heavy atom. The van der Waals surface area contributed by atoms with Gasteiger partial charge in [-0.3, -0.25) is 4.79 Å². The van der Waals surface area contributed by atoms with Gasteiger partial charge in [0, 0.05) is 18.1 Å². The number of sulfonamides is 1. The molecule has 6 nitrogen and oxygen atoms in total. The number of carbonyl (C=O) groups is 1. The quantitative estimate of drug-likeness (QED) is 0.863. The van der Waals surface area contributed by atoms with Crippen molar-refractivity contribution in [3.63, 3.8) is 0 Å². The van der Waals surface area contributed by atoms with Crippen LogP contribution in [0.4, 0.5) is 4.39 Å². The first-order valence-electron chi connectivity index (χ1n) is 5.69. The van der Waals surface area contributed by atoms with Gasteiger partial charge in [-0.2, -0.15) is 0 Å². The smallest absolute Gasteiger partial charge is 0.257 e. The van der Waals surface area contributed by atoms with Crippen LogP contribution < -0.4 is 5.14 Å². The van der Waals surface area contributed by atoms with Crippen LogP contribution in [-0.2, 0) is 14.8 Å². The standard InChI is InChI=1S/C11H12ClFN2O4S/c12-7-5-8(10(13)9(6-7)20(14,17)18)11(16)15-1-3-19-4-2-15/h5-6H,1-4H2,(H2,14,17,18). The molecular weight excluding hydrogens is 311 g/mol. The molecule has 1 fully saturated rings. The van der Waals surface area contributed by atoms with Gasteiger partial charge in [0.1, 0.15) is 4.90 Å². The van der Waals surface area contributed by atoms with Gasteiger partial charge in [-0.05, 0) is 12.1 Å². The lowest BCUT2D eigenvalue weighted by atomic mass is 10.1. The summed E-state index contributed by atoms with van der Waals surface area (Å²) in [6.07, 6.45) is 0. The van der Waals surface area contributed by atoms with Gasteiger partial charge in [0.05, 0.1) is 18.8 Å². The van der Waals surface area contributed by atoms with E-state index in [4.69, 9.17) is 21.5 Å². The minimum absolute atomic E-state index is 0.0768. The molecule has 110 valence electrons. The third kappa shape index (κ3) is 3.09. The van der Waals surface area contributed by atoms with E-state index < -0.39 is 32.2 Å². The van der Waals surface area contributed by atoms with Gasteiger partial charge in [-0.1, -0.05) is 11.6 Å². The van der Waals surface area contributed by atoms with Crippen molar-refractivity contribution >= 4 is 27.5 Å². The van der Waals surface area contributed by atoms with Crippen molar-refractivity contribution in [2.45, 2.75) is 4.90 Å². The summed E-state index contributed by atoms with van der Waals surface area (Å²) in [7, 11) is -4.30. The fourth-order valence-corrected chi connectivity index (χ4v) is 2.80. The van der Waals surface area contributed by atoms with E-state index in [1.54, 1.807) is 0 Å². The van der Waals surface area contributed by atoms with Gasteiger partial charge in [-0.25, -0.2) is 17.9 Å². The van der Waals surface area contributed by atoms with Crippen LogP contribution in [0.5, 0.6) is 0 Å². The number of ether oxygens (including phenoxy) is 1. The molecule has 9 heteroatoms. The molecule has 0 aromatic heterocycles. The van der Waals surface area contributed by atoms with Crippen molar-refractivity contribution in [2.24, 2.45) is 5.14 Å². The highest BCUT2D eigenvalue weighted by molar-refractivity contribution is 7.89. The predicted molar refractivity (Wildman–Crippen MR) is 69.5 cm³/mol. The van der Waals surface area contributed by atoms with Gasteiger partial charge in [-0.15, -0.1) is 0 Å². The van der Waals surface area contributed by atoms with Gasteiger partial charge in [0.2, 0.25) is 10.0 Å². The highest BCUT2D eigenvalue weighted by Crippen LogP contribution is 2.24. The average molecular weight is 323 g/mol. The summed E-state index contributed by atoms with van der Waals surface area (Å²) < 4.78 is 41.8. The van der Waals surface area contributed by atoms with Crippen molar-refractivity contribution in [1.82, 2.24) is 4.90 Å². The molecule has 1 aromatic carbocycles. The van der Waals surface area contributed by atoms with Crippen LogP contribution in [0.2, 0.25) is 5.02 Å². The number of hydrogen-bond acceptors (Lipinski definition) is 4. The highest BCUT2D eigenvalue weighted by Gasteiger charge is 2.26. The largest absolute Gasteiger partial charge is 0.378 e. The molecule has 0 atom stereocenters. The molecule has 1 aliphatic heterocycles. The van der Waals surface area contributed by atoms with E-state index in [0.29, 0.717) is 26.3 Å². The van der Waals surface area contributed by atoms with Crippen LogP contribution >= 0.6 is 11.6 Å². The molecule has 20 heavy (non-hydrogen) atoms. The van der Waals surface area contributed by atoms with E-state index in [9.17, 15) is 17.6 Å². The molecule has 1 aliphatic rings. The van der Waals surface area contributed by atoms with Gasteiger partial charge < -0.3 is 9.64 Å². The number of benzene rings is 1. The maximum absolute atomic E-state index is 14.2. The van der Waals surface area contributed by atoms with E-state index in [2.05, 4.69) is 0 Å². The zero-order chi connectivity index (χ0) is 14.9. The summed E-state index contributed by atoms with van der Waals surface area (Å²) in [5, 5.41) is 4.83. The number of nitrogens with two attached hydrogens (primary N) is 1. The Morgan fingerprint density at radius 3 is 2.50 bits per heavy atom. The molecule has 0 unspecified atom stereocenters. The highest BCUT2D eigenvalue weighted by atomic mass is 35.5. The van der Waals surface area contributed by atoms with Crippen LogP contribution in [0.3, 0.4) is 0 Å². The number of nitrogens with zero attached hydrogens (tertiary/aromatic N) is 1. The lowest BCUT2D eigenvalue weighted by molar-refractivity contribution is 0.0299. The number of primary sulfonamides is 1. The number of carbonyl (C=O) groups excluding carboxylic acids is 1. The third-order valence-corrected chi connectivity index (χ3v) is 3.97. The molecule has 1 saturated heterocycles. The van der Waals surface area contributed by atoms with Crippen molar-refractivity contribution in [3.8, 4) is 0 Å². The number of amides is 1. The molecule has 0 aliphatic carbocycles. The second-order valence-corrected chi connectivity index (χ2v) is 6.18. The molecule has 0 saturated carbocycles. The van der Waals surface area contributed by atoms with Gasteiger partial charge in [0.15, 0.2) is 5.82 Å². The summed E-state index contributed by atoms with van der Waals surface area (Å²) in [5.74, 6) is -1.83. The minimum atomic E-state index is -4.30. The number of hydrogen-bond donors (Lipinski definition) is 1. The van der Waals surface area contributed by atoms with Crippen LogP contribution in [0, 0.1) is 5.82 Å². The van der Waals surface area contributed by atoms with Crippen LogP contribution in [0.15, 0.2) is 17.0 Å². The summed E-state index contributed by atoms with van der Waals surface area (Å²) in [5.41, 5.74) is -0.413. The Balaban J connectivity index is 2.46. The molecule has 0 bridgehead atoms. The van der Waals surface area contributed by atoms with Crippen LogP contribution in [0.25, 0.3) is 0 Å². The first kappa shape index (κ1) is 15.2. The Morgan fingerprint density at radius 2 is 1.95 bits per heavy atom. The van der Waals surface area contributed by atoms with Crippen molar-refractivity contribution in [1.29, 1.82) is 0 Å². The second kappa shape index (κ2) is 5.65. The average Bonchev–Trinajstić information content (AvgIpc) is 2.40. The normalized spacial score (nSPS) is 16.2. The predicted octanol–water partition coefficient (Wildman–Crippen LogP) is 0.599. The summed E-state index contributed by atoms with van der Waals surface area (Å²) in [4.78, 5) is 12.8. The first-order chi connectivity index (χ1) is 9.30. The lowest BCUT2D eigenvalue weighted by Gasteiger charge is -2.27.